The molecule has 1 N–H and O–H groups in total. The highest BCUT2D eigenvalue weighted by atomic mass is 19.1. The molecule has 19 heavy (non-hydrogen) atoms. The summed E-state index contributed by atoms with van der Waals surface area (Å²) in [6.07, 6.45) is 3.73. The molecule has 2 rings (SSSR count). The summed E-state index contributed by atoms with van der Waals surface area (Å²) in [5.74, 6) is -0.138. The molecule has 2 nitrogen and oxygen atoms in total. The molecule has 0 aliphatic carbocycles. The molecule has 106 valence electrons. The average Bonchev–Trinajstić information content (AvgIpc) is 2.86. The summed E-state index contributed by atoms with van der Waals surface area (Å²) in [7, 11) is 0. The van der Waals surface area contributed by atoms with Crippen LogP contribution in [-0.2, 0) is 6.54 Å². The molecule has 1 saturated heterocycles. The zero-order valence-electron chi connectivity index (χ0n) is 12.1. The molecule has 0 radical (unpaired) electrons. The Hall–Kier alpha value is -0.930. The summed E-state index contributed by atoms with van der Waals surface area (Å²) < 4.78 is 13.1. The van der Waals surface area contributed by atoms with Gasteiger partial charge in [0.1, 0.15) is 5.82 Å². The van der Waals surface area contributed by atoms with E-state index in [0.29, 0.717) is 6.04 Å². The molecule has 3 heteroatoms. The van der Waals surface area contributed by atoms with Crippen molar-refractivity contribution >= 4 is 0 Å². The number of aryl methyl sites for hydroxylation is 1. The maximum Gasteiger partial charge on any atom is 0.123 e. The molecular weight excluding hydrogens is 239 g/mol. The molecule has 0 spiro atoms. The summed E-state index contributed by atoms with van der Waals surface area (Å²) in [5, 5.41) is 3.55. The molecule has 1 aliphatic rings. The minimum atomic E-state index is -0.138. The van der Waals surface area contributed by atoms with Crippen molar-refractivity contribution in [3.8, 4) is 0 Å². The lowest BCUT2D eigenvalue weighted by Crippen LogP contribution is -2.37. The standard InChI is InChI=1S/C16H25FN2/c1-3-9-19(12-16-5-4-8-18-16)11-14-6-7-15(17)10-13(14)2/h6-7,10,16,18H,3-5,8-9,11-12H2,1-2H3. The van der Waals surface area contributed by atoms with Gasteiger partial charge in [-0.25, -0.2) is 4.39 Å². The van der Waals surface area contributed by atoms with Crippen molar-refractivity contribution in [3.63, 3.8) is 0 Å². The van der Waals surface area contributed by atoms with Crippen LogP contribution in [0.3, 0.4) is 0 Å². The molecule has 0 saturated carbocycles. The molecule has 1 aromatic carbocycles. The third-order valence-corrected chi connectivity index (χ3v) is 3.88. The number of benzene rings is 1. The second-order valence-electron chi connectivity index (χ2n) is 5.60. The van der Waals surface area contributed by atoms with E-state index in [1.54, 1.807) is 12.1 Å². The largest absolute Gasteiger partial charge is 0.313 e. The van der Waals surface area contributed by atoms with Gasteiger partial charge in [-0.15, -0.1) is 0 Å². The van der Waals surface area contributed by atoms with Crippen molar-refractivity contribution in [1.82, 2.24) is 10.2 Å². The van der Waals surface area contributed by atoms with Crippen LogP contribution in [0.1, 0.15) is 37.3 Å². The van der Waals surface area contributed by atoms with E-state index in [2.05, 4.69) is 17.1 Å². The Labute approximate surface area is 116 Å². The summed E-state index contributed by atoms with van der Waals surface area (Å²) in [6, 6.07) is 5.76. The fraction of sp³-hybridized carbons (Fsp3) is 0.625. The first-order chi connectivity index (χ1) is 9.19. The van der Waals surface area contributed by atoms with Crippen LogP contribution in [-0.4, -0.2) is 30.6 Å². The van der Waals surface area contributed by atoms with Gasteiger partial charge < -0.3 is 5.32 Å². The molecule has 1 unspecified atom stereocenters. The summed E-state index contributed by atoms with van der Waals surface area (Å²) in [5.41, 5.74) is 2.30. The predicted octanol–water partition coefficient (Wildman–Crippen LogP) is 3.10. The number of hydrogen-bond acceptors (Lipinski definition) is 2. The predicted molar refractivity (Wildman–Crippen MR) is 77.7 cm³/mol. The van der Waals surface area contributed by atoms with E-state index in [0.717, 1.165) is 38.2 Å². The monoisotopic (exact) mass is 264 g/mol. The third-order valence-electron chi connectivity index (χ3n) is 3.88. The first kappa shape index (κ1) is 14.5. The van der Waals surface area contributed by atoms with E-state index in [4.69, 9.17) is 0 Å². The Bertz CT molecular complexity index is 400. The zero-order valence-corrected chi connectivity index (χ0v) is 12.1. The SMILES string of the molecule is CCCN(Cc1ccc(F)cc1C)CC1CCCN1. The lowest BCUT2D eigenvalue weighted by atomic mass is 10.1. The minimum absolute atomic E-state index is 0.138. The number of rotatable bonds is 6. The normalized spacial score (nSPS) is 19.3. The van der Waals surface area contributed by atoms with Gasteiger partial charge in [0, 0.05) is 19.1 Å². The van der Waals surface area contributed by atoms with Crippen molar-refractivity contribution in [1.29, 1.82) is 0 Å². The second-order valence-corrected chi connectivity index (χ2v) is 5.60. The number of hydrogen-bond donors (Lipinski definition) is 1. The maximum atomic E-state index is 13.1. The Kier molecular flexibility index (Phi) is 5.34. The van der Waals surface area contributed by atoms with Gasteiger partial charge in [-0.3, -0.25) is 4.90 Å². The van der Waals surface area contributed by atoms with Crippen molar-refractivity contribution in [2.75, 3.05) is 19.6 Å². The molecule has 0 bridgehead atoms. The maximum absolute atomic E-state index is 13.1. The van der Waals surface area contributed by atoms with Gasteiger partial charge in [-0.2, -0.15) is 0 Å². The molecule has 1 atom stereocenters. The Balaban J connectivity index is 1.98. The van der Waals surface area contributed by atoms with Gasteiger partial charge in [-0.05, 0) is 62.5 Å². The van der Waals surface area contributed by atoms with E-state index in [9.17, 15) is 4.39 Å². The quantitative estimate of drug-likeness (QED) is 0.849. The van der Waals surface area contributed by atoms with E-state index in [1.807, 2.05) is 13.0 Å². The first-order valence-electron chi connectivity index (χ1n) is 7.40. The van der Waals surface area contributed by atoms with Gasteiger partial charge in [0.2, 0.25) is 0 Å². The van der Waals surface area contributed by atoms with Crippen molar-refractivity contribution < 1.29 is 4.39 Å². The van der Waals surface area contributed by atoms with Crippen LogP contribution in [0.2, 0.25) is 0 Å². The lowest BCUT2D eigenvalue weighted by molar-refractivity contribution is 0.241. The Morgan fingerprint density at radius 1 is 1.42 bits per heavy atom. The third kappa shape index (κ3) is 4.29. The first-order valence-corrected chi connectivity index (χ1v) is 7.40. The fourth-order valence-corrected chi connectivity index (χ4v) is 2.85. The smallest absolute Gasteiger partial charge is 0.123 e. The van der Waals surface area contributed by atoms with E-state index in [-0.39, 0.29) is 5.82 Å². The lowest BCUT2D eigenvalue weighted by Gasteiger charge is -2.26. The highest BCUT2D eigenvalue weighted by Crippen LogP contribution is 2.15. The summed E-state index contributed by atoms with van der Waals surface area (Å²) in [6.45, 7) is 8.50. The van der Waals surface area contributed by atoms with Crippen LogP contribution in [0, 0.1) is 12.7 Å². The topological polar surface area (TPSA) is 15.3 Å². The molecule has 0 aromatic heterocycles. The van der Waals surface area contributed by atoms with Crippen molar-refractivity contribution in [3.05, 3.63) is 35.1 Å². The molecule has 1 aliphatic heterocycles. The van der Waals surface area contributed by atoms with E-state index < -0.39 is 0 Å². The number of halogens is 1. The van der Waals surface area contributed by atoms with Gasteiger partial charge in [0.05, 0.1) is 0 Å². The molecule has 0 amide bonds. The van der Waals surface area contributed by atoms with Crippen LogP contribution < -0.4 is 5.32 Å². The Morgan fingerprint density at radius 2 is 2.26 bits per heavy atom. The summed E-state index contributed by atoms with van der Waals surface area (Å²) >= 11 is 0. The highest BCUT2D eigenvalue weighted by Gasteiger charge is 2.18. The van der Waals surface area contributed by atoms with Crippen molar-refractivity contribution in [2.45, 2.75) is 45.7 Å². The van der Waals surface area contributed by atoms with Crippen LogP contribution in [0.15, 0.2) is 18.2 Å². The van der Waals surface area contributed by atoms with Crippen LogP contribution in [0.4, 0.5) is 4.39 Å². The number of nitrogens with zero attached hydrogens (tertiary/aromatic N) is 1. The van der Waals surface area contributed by atoms with Crippen LogP contribution in [0.25, 0.3) is 0 Å². The van der Waals surface area contributed by atoms with E-state index >= 15 is 0 Å². The average molecular weight is 264 g/mol. The van der Waals surface area contributed by atoms with Gasteiger partial charge in [0.25, 0.3) is 0 Å². The molecular formula is C16H25FN2. The van der Waals surface area contributed by atoms with E-state index in [1.165, 1.54) is 18.4 Å². The van der Waals surface area contributed by atoms with Gasteiger partial charge in [0.15, 0.2) is 0 Å². The van der Waals surface area contributed by atoms with Gasteiger partial charge in [-0.1, -0.05) is 13.0 Å². The Morgan fingerprint density at radius 3 is 2.89 bits per heavy atom. The van der Waals surface area contributed by atoms with Gasteiger partial charge >= 0.3 is 0 Å². The van der Waals surface area contributed by atoms with Crippen molar-refractivity contribution in [2.24, 2.45) is 0 Å². The second kappa shape index (κ2) is 7.01. The molecule has 1 aromatic rings. The van der Waals surface area contributed by atoms with Crippen LogP contribution in [0.5, 0.6) is 0 Å². The fourth-order valence-electron chi connectivity index (χ4n) is 2.85. The molecule has 1 heterocycles. The highest BCUT2D eigenvalue weighted by molar-refractivity contribution is 5.26. The van der Waals surface area contributed by atoms with Crippen LogP contribution >= 0.6 is 0 Å². The zero-order chi connectivity index (χ0) is 13.7. The summed E-state index contributed by atoms with van der Waals surface area (Å²) in [4.78, 5) is 2.49. The minimum Gasteiger partial charge on any atom is -0.313 e. The molecule has 1 fully saturated rings. The number of nitrogens with one attached hydrogen (secondary N) is 1.